The number of halogens is 3. The van der Waals surface area contributed by atoms with Gasteiger partial charge < -0.3 is 0 Å². The summed E-state index contributed by atoms with van der Waals surface area (Å²) in [6, 6.07) is 4.18. The van der Waals surface area contributed by atoms with E-state index in [1.54, 1.807) is 6.07 Å². The Morgan fingerprint density at radius 2 is 1.82 bits per heavy atom. The second-order valence-corrected chi connectivity index (χ2v) is 5.99. The summed E-state index contributed by atoms with van der Waals surface area (Å²) in [4.78, 5) is 0.140. The van der Waals surface area contributed by atoms with Gasteiger partial charge in [0.25, 0.3) is 0 Å². The van der Waals surface area contributed by atoms with Gasteiger partial charge in [0.05, 0.1) is 0 Å². The zero-order valence-electron chi connectivity index (χ0n) is 9.76. The van der Waals surface area contributed by atoms with E-state index in [-0.39, 0.29) is 4.83 Å². The molecule has 1 aliphatic rings. The summed E-state index contributed by atoms with van der Waals surface area (Å²) in [5, 5.41) is 0. The van der Waals surface area contributed by atoms with Crippen molar-refractivity contribution in [3.8, 4) is 0 Å². The highest BCUT2D eigenvalue weighted by molar-refractivity contribution is 9.09. The SMILES string of the molecule is Fc1ccc(C(Br)CC2CCCCC2)cc1F. The maximum Gasteiger partial charge on any atom is 0.159 e. The topological polar surface area (TPSA) is 0 Å². The average Bonchev–Trinajstić information content (AvgIpc) is 2.34. The van der Waals surface area contributed by atoms with E-state index in [0.29, 0.717) is 0 Å². The van der Waals surface area contributed by atoms with Gasteiger partial charge in [-0.05, 0) is 30.0 Å². The monoisotopic (exact) mass is 302 g/mol. The molecule has 1 unspecified atom stereocenters. The van der Waals surface area contributed by atoms with Crippen LogP contribution in [0.1, 0.15) is 48.9 Å². The minimum absolute atomic E-state index is 0.140. The van der Waals surface area contributed by atoms with Crippen LogP contribution in [0.4, 0.5) is 8.78 Å². The Balaban J connectivity index is 1.98. The van der Waals surface area contributed by atoms with E-state index >= 15 is 0 Å². The van der Waals surface area contributed by atoms with Crippen molar-refractivity contribution in [3.05, 3.63) is 35.4 Å². The fourth-order valence-corrected chi connectivity index (χ4v) is 3.37. The first kappa shape index (κ1) is 13.0. The summed E-state index contributed by atoms with van der Waals surface area (Å²) in [6.07, 6.45) is 7.52. The molecule has 0 aromatic heterocycles. The number of hydrogen-bond acceptors (Lipinski definition) is 0. The smallest absolute Gasteiger partial charge is 0.159 e. The summed E-state index contributed by atoms with van der Waals surface area (Å²) < 4.78 is 26.0. The largest absolute Gasteiger partial charge is 0.204 e. The number of benzene rings is 1. The minimum atomic E-state index is -0.772. The Hall–Kier alpha value is -0.440. The van der Waals surface area contributed by atoms with E-state index in [4.69, 9.17) is 0 Å². The van der Waals surface area contributed by atoms with Crippen molar-refractivity contribution in [1.29, 1.82) is 0 Å². The highest BCUT2D eigenvalue weighted by Gasteiger charge is 2.19. The van der Waals surface area contributed by atoms with Crippen molar-refractivity contribution < 1.29 is 8.78 Å². The van der Waals surface area contributed by atoms with Gasteiger partial charge in [0.15, 0.2) is 11.6 Å². The molecule has 1 aromatic carbocycles. The minimum Gasteiger partial charge on any atom is -0.204 e. The van der Waals surface area contributed by atoms with Gasteiger partial charge in [0.2, 0.25) is 0 Å². The van der Waals surface area contributed by atoms with Gasteiger partial charge in [-0.3, -0.25) is 0 Å². The van der Waals surface area contributed by atoms with Gasteiger partial charge in [-0.15, -0.1) is 0 Å². The summed E-state index contributed by atoms with van der Waals surface area (Å²) in [6.45, 7) is 0. The molecular formula is C14H17BrF2. The lowest BCUT2D eigenvalue weighted by Crippen LogP contribution is -2.08. The van der Waals surface area contributed by atoms with Crippen LogP contribution in [0.3, 0.4) is 0 Å². The van der Waals surface area contributed by atoms with Gasteiger partial charge >= 0.3 is 0 Å². The van der Waals surface area contributed by atoms with Crippen LogP contribution in [0.5, 0.6) is 0 Å². The van der Waals surface area contributed by atoms with Crippen LogP contribution in [0.2, 0.25) is 0 Å². The van der Waals surface area contributed by atoms with E-state index in [2.05, 4.69) is 15.9 Å². The van der Waals surface area contributed by atoms with Gasteiger partial charge in [-0.1, -0.05) is 54.1 Å². The maximum atomic E-state index is 13.1. The lowest BCUT2D eigenvalue weighted by molar-refractivity contribution is 0.338. The molecule has 1 fully saturated rings. The molecule has 0 amide bonds. The first-order valence-corrected chi connectivity index (χ1v) is 7.17. The van der Waals surface area contributed by atoms with Crippen LogP contribution in [0, 0.1) is 17.6 Å². The molecule has 0 bridgehead atoms. The van der Waals surface area contributed by atoms with Crippen LogP contribution < -0.4 is 0 Å². The standard InChI is InChI=1S/C14H17BrF2/c15-12(8-10-4-2-1-3-5-10)11-6-7-13(16)14(17)9-11/h6-7,9-10,12H,1-5,8H2. The predicted molar refractivity (Wildman–Crippen MR) is 69.2 cm³/mol. The molecular weight excluding hydrogens is 286 g/mol. The van der Waals surface area contributed by atoms with E-state index in [1.165, 1.54) is 44.2 Å². The summed E-state index contributed by atoms with van der Waals surface area (Å²) >= 11 is 3.59. The zero-order chi connectivity index (χ0) is 12.3. The second-order valence-electron chi connectivity index (χ2n) is 4.88. The summed E-state index contributed by atoms with van der Waals surface area (Å²) in [5.41, 5.74) is 0.842. The van der Waals surface area contributed by atoms with Crippen molar-refractivity contribution >= 4 is 15.9 Å². The van der Waals surface area contributed by atoms with Crippen molar-refractivity contribution in [1.82, 2.24) is 0 Å². The molecule has 17 heavy (non-hydrogen) atoms. The summed E-state index contributed by atoms with van der Waals surface area (Å²) in [5.74, 6) is -0.803. The average molecular weight is 303 g/mol. The van der Waals surface area contributed by atoms with E-state index in [0.717, 1.165) is 17.9 Å². The molecule has 0 nitrogen and oxygen atoms in total. The van der Waals surface area contributed by atoms with Crippen molar-refractivity contribution in [2.75, 3.05) is 0 Å². The van der Waals surface area contributed by atoms with E-state index in [9.17, 15) is 8.78 Å². The number of rotatable bonds is 3. The Bertz CT molecular complexity index is 372. The first-order chi connectivity index (χ1) is 8.16. The molecule has 1 aliphatic carbocycles. The first-order valence-electron chi connectivity index (χ1n) is 6.26. The van der Waals surface area contributed by atoms with Crippen molar-refractivity contribution in [2.45, 2.75) is 43.4 Å². The van der Waals surface area contributed by atoms with Crippen LogP contribution in [0.15, 0.2) is 18.2 Å². The molecule has 2 rings (SSSR count). The molecule has 0 aliphatic heterocycles. The third kappa shape index (κ3) is 3.51. The molecule has 0 radical (unpaired) electrons. The third-order valence-corrected chi connectivity index (χ3v) is 4.47. The predicted octanol–water partition coefficient (Wildman–Crippen LogP) is 5.37. The normalized spacial score (nSPS) is 19.2. The molecule has 0 spiro atoms. The number of hydrogen-bond donors (Lipinski definition) is 0. The maximum absolute atomic E-state index is 13.1. The quantitative estimate of drug-likeness (QED) is 0.658. The van der Waals surface area contributed by atoms with Crippen LogP contribution >= 0.6 is 15.9 Å². The fraction of sp³-hybridized carbons (Fsp3) is 0.571. The Morgan fingerprint density at radius 1 is 1.12 bits per heavy atom. The highest BCUT2D eigenvalue weighted by Crippen LogP contribution is 2.36. The molecule has 3 heteroatoms. The Labute approximate surface area is 110 Å². The fourth-order valence-electron chi connectivity index (χ4n) is 2.56. The Kier molecular flexibility index (Phi) is 4.55. The van der Waals surface area contributed by atoms with Gasteiger partial charge in [-0.2, -0.15) is 0 Å². The molecule has 0 saturated heterocycles. The van der Waals surface area contributed by atoms with Crippen molar-refractivity contribution in [3.63, 3.8) is 0 Å². The summed E-state index contributed by atoms with van der Waals surface area (Å²) in [7, 11) is 0. The van der Waals surface area contributed by atoms with Gasteiger partial charge in [0.1, 0.15) is 0 Å². The lowest BCUT2D eigenvalue weighted by atomic mass is 9.85. The highest BCUT2D eigenvalue weighted by atomic mass is 79.9. The second kappa shape index (κ2) is 5.94. The molecule has 1 saturated carbocycles. The van der Waals surface area contributed by atoms with Crippen molar-refractivity contribution in [2.24, 2.45) is 5.92 Å². The zero-order valence-corrected chi connectivity index (χ0v) is 11.3. The molecule has 0 heterocycles. The lowest BCUT2D eigenvalue weighted by Gasteiger charge is -2.24. The molecule has 94 valence electrons. The van der Waals surface area contributed by atoms with Crippen LogP contribution in [0.25, 0.3) is 0 Å². The molecule has 1 atom stereocenters. The third-order valence-electron chi connectivity index (χ3n) is 3.57. The van der Waals surface area contributed by atoms with Gasteiger partial charge in [-0.25, -0.2) is 8.78 Å². The van der Waals surface area contributed by atoms with E-state index < -0.39 is 11.6 Å². The van der Waals surface area contributed by atoms with E-state index in [1.807, 2.05) is 0 Å². The molecule has 1 aromatic rings. The van der Waals surface area contributed by atoms with Gasteiger partial charge in [0, 0.05) is 4.83 Å². The Morgan fingerprint density at radius 3 is 2.47 bits per heavy atom. The molecule has 0 N–H and O–H groups in total. The number of alkyl halides is 1. The van der Waals surface area contributed by atoms with Crippen LogP contribution in [-0.4, -0.2) is 0 Å². The van der Waals surface area contributed by atoms with Crippen LogP contribution in [-0.2, 0) is 0 Å².